The van der Waals surface area contributed by atoms with E-state index in [9.17, 15) is 9.59 Å². The van der Waals surface area contributed by atoms with E-state index >= 15 is 0 Å². The second kappa shape index (κ2) is 8.44. The third-order valence-corrected chi connectivity index (χ3v) is 4.65. The Hall–Kier alpha value is -3.86. The lowest BCUT2D eigenvalue weighted by molar-refractivity contribution is -0.117. The highest BCUT2D eigenvalue weighted by Gasteiger charge is 2.20. The highest BCUT2D eigenvalue weighted by molar-refractivity contribution is 6.44. The van der Waals surface area contributed by atoms with E-state index in [0.29, 0.717) is 29.9 Å². The summed E-state index contributed by atoms with van der Waals surface area (Å²) < 4.78 is 5.84. The van der Waals surface area contributed by atoms with Crippen LogP contribution >= 0.6 is 0 Å². The molecule has 4 aromatic rings. The smallest absolute Gasteiger partial charge is 0.292 e. The molecule has 0 fully saturated rings. The molecule has 5 heteroatoms. The molecule has 1 amide bonds. The lowest BCUT2D eigenvalue weighted by Crippen LogP contribution is -2.30. The highest BCUT2D eigenvalue weighted by atomic mass is 16.5. The molecule has 0 aliphatic carbocycles. The molecule has 0 saturated carbocycles. The maximum atomic E-state index is 12.7. The number of hydrogen-bond donors (Lipinski definition) is 2. The first-order valence-corrected chi connectivity index (χ1v) is 9.35. The summed E-state index contributed by atoms with van der Waals surface area (Å²) >= 11 is 0. The maximum Gasteiger partial charge on any atom is 0.292 e. The van der Waals surface area contributed by atoms with E-state index in [1.54, 1.807) is 12.3 Å². The number of fused-ring (bicyclic) bond motifs is 1. The van der Waals surface area contributed by atoms with E-state index in [-0.39, 0.29) is 0 Å². The minimum atomic E-state index is -0.634. The van der Waals surface area contributed by atoms with Gasteiger partial charge in [0.25, 0.3) is 11.7 Å². The van der Waals surface area contributed by atoms with Gasteiger partial charge in [-0.05, 0) is 29.3 Å². The second-order valence-corrected chi connectivity index (χ2v) is 6.68. The summed E-state index contributed by atoms with van der Waals surface area (Å²) in [7, 11) is 0. The summed E-state index contributed by atoms with van der Waals surface area (Å²) in [5.74, 6) is -0.572. The van der Waals surface area contributed by atoms with Crippen LogP contribution in [0.2, 0.25) is 0 Å². The average molecular weight is 384 g/mol. The standard InChI is InChI=1S/C24H20N2O3/c27-23(24(28)26-14-17-7-3-1-4-8-17)21-15-25-22-12-11-19(13-20(21)22)29-16-18-9-5-2-6-10-18/h1-13,15,25H,14,16H2,(H,26,28). The van der Waals surface area contributed by atoms with Gasteiger partial charge in [0.2, 0.25) is 0 Å². The molecule has 0 unspecified atom stereocenters. The molecule has 5 nitrogen and oxygen atoms in total. The SMILES string of the molecule is O=C(NCc1ccccc1)C(=O)c1c[nH]c2ccc(OCc3ccccc3)cc12. The minimum Gasteiger partial charge on any atom is -0.489 e. The van der Waals surface area contributed by atoms with Gasteiger partial charge in [0, 0.05) is 23.6 Å². The predicted molar refractivity (Wildman–Crippen MR) is 112 cm³/mol. The Labute approximate surface area is 168 Å². The number of rotatable bonds is 7. The molecule has 4 rings (SSSR count). The number of aromatic amines is 1. The van der Waals surface area contributed by atoms with Crippen molar-refractivity contribution in [1.29, 1.82) is 0 Å². The maximum absolute atomic E-state index is 12.7. The van der Waals surface area contributed by atoms with Crippen LogP contribution in [0.1, 0.15) is 21.5 Å². The Morgan fingerprint density at radius 1 is 0.862 bits per heavy atom. The van der Waals surface area contributed by atoms with Gasteiger partial charge in [0.1, 0.15) is 12.4 Å². The summed E-state index contributed by atoms with van der Waals surface area (Å²) in [5, 5.41) is 3.34. The summed E-state index contributed by atoms with van der Waals surface area (Å²) in [6, 6.07) is 24.8. The number of H-pyrrole nitrogens is 1. The Morgan fingerprint density at radius 2 is 1.55 bits per heavy atom. The molecule has 0 radical (unpaired) electrons. The van der Waals surface area contributed by atoms with E-state index < -0.39 is 11.7 Å². The van der Waals surface area contributed by atoms with Crippen molar-refractivity contribution >= 4 is 22.6 Å². The zero-order valence-electron chi connectivity index (χ0n) is 15.7. The molecule has 1 aromatic heterocycles. The molecule has 3 aromatic carbocycles. The molecule has 0 saturated heterocycles. The summed E-state index contributed by atoms with van der Waals surface area (Å²) in [5.41, 5.74) is 3.09. The van der Waals surface area contributed by atoms with Gasteiger partial charge in [-0.1, -0.05) is 60.7 Å². The van der Waals surface area contributed by atoms with Crippen molar-refractivity contribution in [2.24, 2.45) is 0 Å². The monoisotopic (exact) mass is 384 g/mol. The molecule has 144 valence electrons. The van der Waals surface area contributed by atoms with Crippen molar-refractivity contribution in [3.63, 3.8) is 0 Å². The van der Waals surface area contributed by atoms with Gasteiger partial charge in [-0.25, -0.2) is 0 Å². The molecule has 29 heavy (non-hydrogen) atoms. The molecule has 0 atom stereocenters. The number of aromatic nitrogens is 1. The molecular formula is C24H20N2O3. The number of hydrogen-bond acceptors (Lipinski definition) is 3. The van der Waals surface area contributed by atoms with Crippen molar-refractivity contribution < 1.29 is 14.3 Å². The lowest BCUT2D eigenvalue weighted by atomic mass is 10.1. The van der Waals surface area contributed by atoms with E-state index in [0.717, 1.165) is 16.6 Å². The van der Waals surface area contributed by atoms with Crippen molar-refractivity contribution in [1.82, 2.24) is 10.3 Å². The summed E-state index contributed by atoms with van der Waals surface area (Å²) in [6.45, 7) is 0.733. The largest absolute Gasteiger partial charge is 0.489 e. The van der Waals surface area contributed by atoms with Crippen LogP contribution in [0.5, 0.6) is 5.75 Å². The third kappa shape index (κ3) is 4.35. The van der Waals surface area contributed by atoms with Crippen LogP contribution in [-0.2, 0) is 17.9 Å². The van der Waals surface area contributed by atoms with Gasteiger partial charge in [-0.3, -0.25) is 9.59 Å². The summed E-state index contributed by atoms with van der Waals surface area (Å²) in [4.78, 5) is 28.0. The molecule has 1 heterocycles. The van der Waals surface area contributed by atoms with Crippen LogP contribution in [0.4, 0.5) is 0 Å². The van der Waals surface area contributed by atoms with Gasteiger partial charge in [0.15, 0.2) is 0 Å². The van der Waals surface area contributed by atoms with Crippen LogP contribution in [0.25, 0.3) is 10.9 Å². The van der Waals surface area contributed by atoms with Gasteiger partial charge >= 0.3 is 0 Å². The molecule has 0 spiro atoms. The zero-order chi connectivity index (χ0) is 20.1. The Kier molecular flexibility index (Phi) is 5.38. The quantitative estimate of drug-likeness (QED) is 0.370. The third-order valence-electron chi connectivity index (χ3n) is 4.65. The van der Waals surface area contributed by atoms with Crippen LogP contribution in [0.3, 0.4) is 0 Å². The number of ketones is 1. The van der Waals surface area contributed by atoms with Crippen LogP contribution < -0.4 is 10.1 Å². The van der Waals surface area contributed by atoms with Gasteiger partial charge in [-0.2, -0.15) is 0 Å². The van der Waals surface area contributed by atoms with Gasteiger partial charge < -0.3 is 15.0 Å². The Morgan fingerprint density at radius 3 is 2.28 bits per heavy atom. The Balaban J connectivity index is 1.47. The molecular weight excluding hydrogens is 364 g/mol. The first-order valence-electron chi connectivity index (χ1n) is 9.35. The van der Waals surface area contributed by atoms with Gasteiger partial charge in [0.05, 0.1) is 5.56 Å². The van der Waals surface area contributed by atoms with Crippen LogP contribution in [-0.4, -0.2) is 16.7 Å². The number of carbonyl (C=O) groups is 2. The number of benzene rings is 3. The first-order chi connectivity index (χ1) is 14.2. The average Bonchev–Trinajstić information content (AvgIpc) is 3.20. The van der Waals surface area contributed by atoms with Crippen LogP contribution in [0, 0.1) is 0 Å². The van der Waals surface area contributed by atoms with Gasteiger partial charge in [-0.15, -0.1) is 0 Å². The van der Waals surface area contributed by atoms with Crippen molar-refractivity contribution in [2.45, 2.75) is 13.2 Å². The van der Waals surface area contributed by atoms with E-state index in [2.05, 4.69) is 10.3 Å². The molecule has 0 bridgehead atoms. The van der Waals surface area contributed by atoms with Crippen molar-refractivity contribution in [3.05, 3.63) is 102 Å². The van der Waals surface area contributed by atoms with Crippen molar-refractivity contribution in [3.8, 4) is 5.75 Å². The number of carbonyl (C=O) groups excluding carboxylic acids is 2. The Bertz CT molecular complexity index is 1130. The molecule has 0 aliphatic heterocycles. The molecule has 2 N–H and O–H groups in total. The predicted octanol–water partition coefficient (Wildman–Crippen LogP) is 4.25. The lowest BCUT2D eigenvalue weighted by Gasteiger charge is -2.07. The zero-order valence-corrected chi connectivity index (χ0v) is 15.7. The van der Waals surface area contributed by atoms with Crippen LogP contribution in [0.15, 0.2) is 85.1 Å². The summed E-state index contributed by atoms with van der Waals surface area (Å²) in [6.07, 6.45) is 1.57. The number of ether oxygens (including phenoxy) is 1. The fraction of sp³-hybridized carbons (Fsp3) is 0.0833. The number of amides is 1. The van der Waals surface area contributed by atoms with E-state index in [1.807, 2.05) is 72.8 Å². The fourth-order valence-electron chi connectivity index (χ4n) is 3.10. The van der Waals surface area contributed by atoms with Crippen molar-refractivity contribution in [2.75, 3.05) is 0 Å². The molecule has 0 aliphatic rings. The fourth-order valence-corrected chi connectivity index (χ4v) is 3.10. The topological polar surface area (TPSA) is 71.2 Å². The highest BCUT2D eigenvalue weighted by Crippen LogP contribution is 2.25. The normalized spacial score (nSPS) is 10.6. The second-order valence-electron chi connectivity index (χ2n) is 6.68. The number of Topliss-reactive ketones (excluding diaryl/α,β-unsaturated/α-hetero) is 1. The minimum absolute atomic E-state index is 0.305. The van der Waals surface area contributed by atoms with E-state index in [1.165, 1.54) is 0 Å². The van der Waals surface area contributed by atoms with E-state index in [4.69, 9.17) is 4.74 Å². The first kappa shape index (κ1) is 18.5. The number of nitrogens with one attached hydrogen (secondary N) is 2.